The summed E-state index contributed by atoms with van der Waals surface area (Å²) in [6.07, 6.45) is 3.83. The lowest BCUT2D eigenvalue weighted by molar-refractivity contribution is 0.570. The van der Waals surface area contributed by atoms with Crippen LogP contribution in [0.3, 0.4) is 0 Å². The molecule has 74 valence electrons. The molecule has 0 radical (unpaired) electrons. The molecule has 1 atom stereocenters. The fraction of sp³-hybridized carbons (Fsp3) is 0.545. The van der Waals surface area contributed by atoms with E-state index in [2.05, 4.69) is 23.6 Å². The Labute approximate surface area is 87.6 Å². The quantitative estimate of drug-likeness (QED) is 0.647. The number of hydrogen-bond donors (Lipinski definition) is 0. The van der Waals surface area contributed by atoms with Gasteiger partial charge >= 0.3 is 0 Å². The van der Waals surface area contributed by atoms with Crippen LogP contribution in [0, 0.1) is 6.92 Å². The van der Waals surface area contributed by atoms with E-state index in [0.717, 1.165) is 0 Å². The van der Waals surface area contributed by atoms with E-state index in [4.69, 9.17) is 4.98 Å². The Kier molecular flexibility index (Phi) is 1.71. The van der Waals surface area contributed by atoms with E-state index >= 15 is 0 Å². The number of aromatic nitrogens is 2. The molecule has 3 rings (SSSR count). The van der Waals surface area contributed by atoms with Crippen LogP contribution in [0.25, 0.3) is 4.96 Å². The molecule has 0 spiro atoms. The highest BCUT2D eigenvalue weighted by Crippen LogP contribution is 2.33. The smallest absolute Gasteiger partial charge is 0.194 e. The summed E-state index contributed by atoms with van der Waals surface area (Å²) < 4.78 is 2.34. The molecule has 2 aromatic heterocycles. The molecule has 1 aliphatic rings. The summed E-state index contributed by atoms with van der Waals surface area (Å²) in [4.78, 5) is 5.92. The minimum Gasteiger partial charge on any atom is -0.292 e. The Morgan fingerprint density at radius 1 is 1.57 bits per heavy atom. The topological polar surface area (TPSA) is 17.3 Å². The first kappa shape index (κ1) is 8.48. The Hall–Kier alpha value is -0.830. The van der Waals surface area contributed by atoms with Crippen LogP contribution in [-0.2, 0) is 6.42 Å². The van der Waals surface area contributed by atoms with Crippen LogP contribution in [0.4, 0.5) is 0 Å². The van der Waals surface area contributed by atoms with Gasteiger partial charge in [-0.15, -0.1) is 11.3 Å². The summed E-state index contributed by atoms with van der Waals surface area (Å²) >= 11 is 1.76. The lowest BCUT2D eigenvalue weighted by Crippen LogP contribution is -2.08. The molecule has 0 fully saturated rings. The highest BCUT2D eigenvalue weighted by Gasteiger charge is 2.23. The fourth-order valence-electron chi connectivity index (χ4n) is 2.43. The molecule has 2 aromatic rings. The number of fused-ring (bicyclic) bond motifs is 3. The monoisotopic (exact) mass is 206 g/mol. The minimum atomic E-state index is 0.658. The molecule has 0 bridgehead atoms. The van der Waals surface area contributed by atoms with Crippen molar-refractivity contribution in [1.29, 1.82) is 0 Å². The Morgan fingerprint density at radius 3 is 3.29 bits per heavy atom. The third kappa shape index (κ3) is 0.989. The van der Waals surface area contributed by atoms with Crippen LogP contribution in [0.2, 0.25) is 0 Å². The average molecular weight is 206 g/mol. The third-order valence-corrected chi connectivity index (χ3v) is 4.12. The lowest BCUT2D eigenvalue weighted by atomic mass is 9.91. The molecule has 0 amide bonds. The Morgan fingerprint density at radius 2 is 2.43 bits per heavy atom. The van der Waals surface area contributed by atoms with Crippen LogP contribution in [0.1, 0.15) is 42.8 Å². The van der Waals surface area contributed by atoms with Crippen LogP contribution >= 0.6 is 11.3 Å². The predicted molar refractivity (Wildman–Crippen MR) is 59.2 cm³/mol. The number of thiazole rings is 1. The fourth-order valence-corrected chi connectivity index (χ4v) is 3.32. The van der Waals surface area contributed by atoms with Gasteiger partial charge in [-0.05, 0) is 26.2 Å². The van der Waals surface area contributed by atoms with Gasteiger partial charge < -0.3 is 0 Å². The van der Waals surface area contributed by atoms with Crippen molar-refractivity contribution in [2.24, 2.45) is 0 Å². The van der Waals surface area contributed by atoms with E-state index in [1.807, 2.05) is 0 Å². The van der Waals surface area contributed by atoms with E-state index < -0.39 is 0 Å². The number of nitrogens with zero attached hydrogens (tertiary/aromatic N) is 2. The van der Waals surface area contributed by atoms with Crippen molar-refractivity contribution >= 4 is 16.3 Å². The van der Waals surface area contributed by atoms with E-state index in [1.165, 1.54) is 41.3 Å². The molecule has 2 nitrogen and oxygen atoms in total. The van der Waals surface area contributed by atoms with E-state index in [-0.39, 0.29) is 0 Å². The highest BCUT2D eigenvalue weighted by molar-refractivity contribution is 7.15. The second-order valence-electron chi connectivity index (χ2n) is 4.23. The molecule has 14 heavy (non-hydrogen) atoms. The van der Waals surface area contributed by atoms with Crippen LogP contribution in [-0.4, -0.2) is 9.38 Å². The predicted octanol–water partition coefficient (Wildman–Crippen LogP) is 3.14. The van der Waals surface area contributed by atoms with Gasteiger partial charge in [-0.3, -0.25) is 4.40 Å². The lowest BCUT2D eigenvalue weighted by Gasteiger charge is -2.17. The summed E-state index contributed by atoms with van der Waals surface area (Å²) in [7, 11) is 0. The zero-order valence-electron chi connectivity index (χ0n) is 8.58. The van der Waals surface area contributed by atoms with Crippen molar-refractivity contribution in [3.05, 3.63) is 22.5 Å². The van der Waals surface area contributed by atoms with Crippen LogP contribution < -0.4 is 0 Å². The van der Waals surface area contributed by atoms with Gasteiger partial charge in [0.05, 0.1) is 5.69 Å². The van der Waals surface area contributed by atoms with E-state index in [9.17, 15) is 0 Å². The number of rotatable bonds is 0. The summed E-state index contributed by atoms with van der Waals surface area (Å²) in [6.45, 7) is 4.47. The summed E-state index contributed by atoms with van der Waals surface area (Å²) in [5.41, 5.74) is 4.16. The third-order valence-electron chi connectivity index (χ3n) is 3.18. The number of aryl methyl sites for hydroxylation is 2. The first-order valence-electron chi connectivity index (χ1n) is 5.22. The van der Waals surface area contributed by atoms with Gasteiger partial charge in [-0.1, -0.05) is 6.92 Å². The molecule has 0 saturated carbocycles. The van der Waals surface area contributed by atoms with Crippen molar-refractivity contribution in [3.8, 4) is 0 Å². The molecule has 1 unspecified atom stereocenters. The van der Waals surface area contributed by atoms with Gasteiger partial charge in [0.25, 0.3) is 0 Å². The standard InChI is InChI=1S/C11H14N2S/c1-7-4-3-5-9-10(7)12-11-13(9)8(2)6-14-11/h6-7H,3-5H2,1-2H3. The zero-order valence-corrected chi connectivity index (χ0v) is 9.40. The SMILES string of the molecule is Cc1csc2nc3c(n12)CCCC3C. The summed E-state index contributed by atoms with van der Waals surface area (Å²) in [5.74, 6) is 0.658. The molecule has 0 aromatic carbocycles. The minimum absolute atomic E-state index is 0.658. The Bertz CT molecular complexity index is 481. The van der Waals surface area contributed by atoms with Gasteiger partial charge in [0, 0.05) is 22.7 Å². The maximum absolute atomic E-state index is 4.74. The molecular formula is C11H14N2S. The molecule has 1 aliphatic carbocycles. The van der Waals surface area contributed by atoms with E-state index in [1.54, 1.807) is 11.3 Å². The second-order valence-corrected chi connectivity index (χ2v) is 5.07. The number of imidazole rings is 1. The van der Waals surface area contributed by atoms with Crippen molar-refractivity contribution in [1.82, 2.24) is 9.38 Å². The average Bonchev–Trinajstić information content (AvgIpc) is 2.68. The van der Waals surface area contributed by atoms with Crippen molar-refractivity contribution in [2.45, 2.75) is 39.0 Å². The van der Waals surface area contributed by atoms with Crippen molar-refractivity contribution in [2.75, 3.05) is 0 Å². The maximum Gasteiger partial charge on any atom is 0.194 e. The highest BCUT2D eigenvalue weighted by atomic mass is 32.1. The van der Waals surface area contributed by atoms with Crippen molar-refractivity contribution < 1.29 is 0 Å². The molecule has 0 N–H and O–H groups in total. The van der Waals surface area contributed by atoms with Crippen LogP contribution in [0.15, 0.2) is 5.38 Å². The zero-order chi connectivity index (χ0) is 9.71. The first-order valence-corrected chi connectivity index (χ1v) is 6.10. The molecule has 0 saturated heterocycles. The Balaban J connectivity index is 2.34. The second kappa shape index (κ2) is 2.83. The molecule has 3 heteroatoms. The van der Waals surface area contributed by atoms with E-state index in [0.29, 0.717) is 5.92 Å². The van der Waals surface area contributed by atoms with Gasteiger partial charge in [-0.2, -0.15) is 0 Å². The molecule has 0 aliphatic heterocycles. The maximum atomic E-state index is 4.74. The normalized spacial score (nSPS) is 21.4. The summed E-state index contributed by atoms with van der Waals surface area (Å²) in [5, 5.41) is 2.20. The summed E-state index contributed by atoms with van der Waals surface area (Å²) in [6, 6.07) is 0. The van der Waals surface area contributed by atoms with Crippen LogP contribution in [0.5, 0.6) is 0 Å². The molecule has 2 heterocycles. The van der Waals surface area contributed by atoms with Gasteiger partial charge in [0.1, 0.15) is 0 Å². The van der Waals surface area contributed by atoms with Crippen molar-refractivity contribution in [3.63, 3.8) is 0 Å². The molecular weight excluding hydrogens is 192 g/mol. The number of hydrogen-bond acceptors (Lipinski definition) is 2. The first-order chi connectivity index (χ1) is 6.77. The van der Waals surface area contributed by atoms with Gasteiger partial charge in [-0.25, -0.2) is 4.98 Å². The van der Waals surface area contributed by atoms with Gasteiger partial charge in [0.15, 0.2) is 4.96 Å². The largest absolute Gasteiger partial charge is 0.292 e. The van der Waals surface area contributed by atoms with Gasteiger partial charge in [0.2, 0.25) is 0 Å².